The van der Waals surface area contributed by atoms with Gasteiger partial charge < -0.3 is 10.2 Å². The van der Waals surface area contributed by atoms with E-state index in [0.29, 0.717) is 24.4 Å². The maximum atomic E-state index is 11.4. The van der Waals surface area contributed by atoms with E-state index in [9.17, 15) is 9.59 Å². The molecule has 4 N–H and O–H groups in total. The molecular weight excluding hydrogens is 264 g/mol. The fraction of sp³-hybridized carbons (Fsp3) is 0.500. The fourth-order valence-corrected chi connectivity index (χ4v) is 2.58. The number of thiophene rings is 1. The standard InChI is InChI=1S/C12H20N4O2S/c1-8-9(6-10(19-8)12(18)15-13)7-16(3)5-4-11(17)14-2/h6H,4-5,7,13H2,1-3H3,(H,14,17)(H,15,18). The molecule has 0 fully saturated rings. The van der Waals surface area contributed by atoms with Crippen molar-refractivity contribution in [1.29, 1.82) is 0 Å². The van der Waals surface area contributed by atoms with Crippen molar-refractivity contribution in [1.82, 2.24) is 15.6 Å². The molecule has 0 saturated heterocycles. The Balaban J connectivity index is 2.59. The summed E-state index contributed by atoms with van der Waals surface area (Å²) < 4.78 is 0. The molecule has 6 nitrogen and oxygen atoms in total. The molecule has 1 aromatic heterocycles. The molecule has 0 saturated carbocycles. The monoisotopic (exact) mass is 284 g/mol. The number of carbonyl (C=O) groups is 2. The summed E-state index contributed by atoms with van der Waals surface area (Å²) >= 11 is 1.42. The first-order valence-electron chi connectivity index (χ1n) is 5.97. The zero-order valence-electron chi connectivity index (χ0n) is 11.4. The van der Waals surface area contributed by atoms with Gasteiger partial charge in [-0.25, -0.2) is 5.84 Å². The van der Waals surface area contributed by atoms with E-state index in [-0.39, 0.29) is 11.8 Å². The highest BCUT2D eigenvalue weighted by Gasteiger charge is 2.13. The van der Waals surface area contributed by atoms with E-state index in [0.717, 1.165) is 10.4 Å². The van der Waals surface area contributed by atoms with Gasteiger partial charge in [0.15, 0.2) is 0 Å². The van der Waals surface area contributed by atoms with E-state index in [1.807, 2.05) is 20.0 Å². The summed E-state index contributed by atoms with van der Waals surface area (Å²) in [6.07, 6.45) is 0.465. The molecule has 0 aliphatic rings. The molecule has 0 atom stereocenters. The number of nitrogens with one attached hydrogen (secondary N) is 2. The Morgan fingerprint density at radius 3 is 2.74 bits per heavy atom. The summed E-state index contributed by atoms with van der Waals surface area (Å²) in [5.74, 6) is 4.87. The molecule has 1 aromatic rings. The summed E-state index contributed by atoms with van der Waals surface area (Å²) in [5, 5.41) is 2.59. The van der Waals surface area contributed by atoms with Gasteiger partial charge in [0, 0.05) is 31.4 Å². The highest BCUT2D eigenvalue weighted by Crippen LogP contribution is 2.22. The highest BCUT2D eigenvalue weighted by atomic mass is 32.1. The van der Waals surface area contributed by atoms with Gasteiger partial charge in [-0.1, -0.05) is 0 Å². The van der Waals surface area contributed by atoms with Crippen LogP contribution >= 0.6 is 11.3 Å². The predicted octanol–water partition coefficient (Wildman–Crippen LogP) is 0.228. The van der Waals surface area contributed by atoms with Crippen LogP contribution in [0, 0.1) is 6.92 Å². The zero-order chi connectivity index (χ0) is 14.4. The molecule has 1 heterocycles. The fourth-order valence-electron chi connectivity index (χ4n) is 1.65. The lowest BCUT2D eigenvalue weighted by Crippen LogP contribution is -2.29. The first kappa shape index (κ1) is 15.6. The predicted molar refractivity (Wildman–Crippen MR) is 75.7 cm³/mol. The van der Waals surface area contributed by atoms with E-state index in [1.165, 1.54) is 11.3 Å². The molecule has 7 heteroatoms. The molecule has 0 radical (unpaired) electrons. The van der Waals surface area contributed by atoms with Crippen LogP contribution < -0.4 is 16.6 Å². The lowest BCUT2D eigenvalue weighted by atomic mass is 10.2. The molecule has 0 aliphatic heterocycles. The average Bonchev–Trinajstić information content (AvgIpc) is 2.76. The molecule has 19 heavy (non-hydrogen) atoms. The first-order chi connectivity index (χ1) is 8.97. The Morgan fingerprint density at radius 1 is 1.47 bits per heavy atom. The first-order valence-corrected chi connectivity index (χ1v) is 6.79. The van der Waals surface area contributed by atoms with E-state index in [1.54, 1.807) is 7.05 Å². The van der Waals surface area contributed by atoms with E-state index in [2.05, 4.69) is 15.6 Å². The van der Waals surface area contributed by atoms with E-state index in [4.69, 9.17) is 5.84 Å². The van der Waals surface area contributed by atoms with Crippen LogP contribution in [0.15, 0.2) is 6.07 Å². The Hall–Kier alpha value is -1.44. The SMILES string of the molecule is CNC(=O)CCN(C)Cc1cc(C(=O)NN)sc1C. The van der Waals surface area contributed by atoms with Crippen LogP contribution in [0.5, 0.6) is 0 Å². The number of hydrogen-bond donors (Lipinski definition) is 3. The van der Waals surface area contributed by atoms with Crippen molar-refractivity contribution in [2.24, 2.45) is 5.84 Å². The largest absolute Gasteiger partial charge is 0.359 e. The molecule has 0 spiro atoms. The molecule has 0 aliphatic carbocycles. The number of nitrogens with zero attached hydrogens (tertiary/aromatic N) is 1. The Labute approximate surface area is 116 Å². The summed E-state index contributed by atoms with van der Waals surface area (Å²) in [7, 11) is 3.58. The van der Waals surface area contributed by atoms with Crippen molar-refractivity contribution in [3.63, 3.8) is 0 Å². The molecule has 0 bridgehead atoms. The third kappa shape index (κ3) is 4.62. The second-order valence-electron chi connectivity index (χ2n) is 4.33. The molecule has 0 unspecified atom stereocenters. The second kappa shape index (κ2) is 7.22. The quantitative estimate of drug-likeness (QED) is 0.396. The average molecular weight is 284 g/mol. The number of amides is 2. The van der Waals surface area contributed by atoms with Crippen LogP contribution in [-0.2, 0) is 11.3 Å². The molecule has 2 amide bonds. The van der Waals surface area contributed by atoms with Crippen LogP contribution in [-0.4, -0.2) is 37.4 Å². The maximum absolute atomic E-state index is 11.4. The normalized spacial score (nSPS) is 10.6. The minimum Gasteiger partial charge on any atom is -0.359 e. The van der Waals surface area contributed by atoms with Crippen molar-refractivity contribution in [2.45, 2.75) is 19.9 Å². The topological polar surface area (TPSA) is 87.5 Å². The molecule has 106 valence electrons. The van der Waals surface area contributed by atoms with Crippen LogP contribution in [0.25, 0.3) is 0 Å². The number of rotatable bonds is 6. The Kier molecular flexibility index (Phi) is 5.94. The van der Waals surface area contributed by atoms with Gasteiger partial charge >= 0.3 is 0 Å². The Bertz CT molecular complexity index is 459. The lowest BCUT2D eigenvalue weighted by molar-refractivity contribution is -0.120. The van der Waals surface area contributed by atoms with Gasteiger partial charge in [0.1, 0.15) is 0 Å². The van der Waals surface area contributed by atoms with Gasteiger partial charge in [-0.2, -0.15) is 0 Å². The third-order valence-electron chi connectivity index (χ3n) is 2.82. The van der Waals surface area contributed by atoms with Gasteiger partial charge in [-0.3, -0.25) is 15.0 Å². The summed E-state index contributed by atoms with van der Waals surface area (Å²) in [6.45, 7) is 3.35. The zero-order valence-corrected chi connectivity index (χ0v) is 12.3. The smallest absolute Gasteiger partial charge is 0.275 e. The molecule has 1 rings (SSSR count). The molecular formula is C12H20N4O2S. The summed E-state index contributed by atoms with van der Waals surface area (Å²) in [6, 6.07) is 1.85. The van der Waals surface area contributed by atoms with Crippen molar-refractivity contribution in [2.75, 3.05) is 20.6 Å². The third-order valence-corrected chi connectivity index (χ3v) is 3.91. The van der Waals surface area contributed by atoms with Gasteiger partial charge in [-0.15, -0.1) is 11.3 Å². The van der Waals surface area contributed by atoms with Crippen molar-refractivity contribution in [3.05, 3.63) is 21.4 Å². The highest BCUT2D eigenvalue weighted by molar-refractivity contribution is 7.14. The van der Waals surface area contributed by atoms with Crippen LogP contribution in [0.3, 0.4) is 0 Å². The van der Waals surface area contributed by atoms with Crippen molar-refractivity contribution < 1.29 is 9.59 Å². The van der Waals surface area contributed by atoms with Crippen molar-refractivity contribution in [3.8, 4) is 0 Å². The lowest BCUT2D eigenvalue weighted by Gasteiger charge is -2.15. The van der Waals surface area contributed by atoms with Gasteiger partial charge in [-0.05, 0) is 25.6 Å². The number of hydrogen-bond acceptors (Lipinski definition) is 5. The number of hydrazine groups is 1. The maximum Gasteiger partial charge on any atom is 0.275 e. The number of nitrogens with two attached hydrogens (primary N) is 1. The summed E-state index contributed by atoms with van der Waals surface area (Å²) in [5.41, 5.74) is 3.21. The Morgan fingerprint density at radius 2 is 2.16 bits per heavy atom. The van der Waals surface area contributed by atoms with Gasteiger partial charge in [0.05, 0.1) is 4.88 Å². The second-order valence-corrected chi connectivity index (χ2v) is 5.58. The number of nitrogen functional groups attached to an aromatic ring is 1. The van der Waals surface area contributed by atoms with Gasteiger partial charge in [0.2, 0.25) is 5.91 Å². The van der Waals surface area contributed by atoms with Crippen LogP contribution in [0.1, 0.15) is 26.5 Å². The van der Waals surface area contributed by atoms with Crippen LogP contribution in [0.4, 0.5) is 0 Å². The minimum absolute atomic E-state index is 0.0251. The molecule has 0 aromatic carbocycles. The van der Waals surface area contributed by atoms with Crippen LogP contribution in [0.2, 0.25) is 0 Å². The van der Waals surface area contributed by atoms with Gasteiger partial charge in [0.25, 0.3) is 5.91 Å². The number of carbonyl (C=O) groups excluding carboxylic acids is 2. The van der Waals surface area contributed by atoms with E-state index < -0.39 is 0 Å². The summed E-state index contributed by atoms with van der Waals surface area (Å²) in [4.78, 5) is 26.3. The number of aryl methyl sites for hydroxylation is 1. The van der Waals surface area contributed by atoms with Crippen molar-refractivity contribution >= 4 is 23.2 Å². The van der Waals surface area contributed by atoms with E-state index >= 15 is 0 Å². The minimum atomic E-state index is -0.271.